The molecule has 4 N–H and O–H groups in total. The highest BCUT2D eigenvalue weighted by Gasteiger charge is 2.32. The number of hydrogen-bond donors (Lipinski definition) is 4. The summed E-state index contributed by atoms with van der Waals surface area (Å²) in [5, 5.41) is 17.0. The van der Waals surface area contributed by atoms with Crippen LogP contribution in [0, 0.1) is 11.8 Å². The maximum atomic E-state index is 13.0. The van der Waals surface area contributed by atoms with Crippen LogP contribution in [0.1, 0.15) is 58.7 Å². The van der Waals surface area contributed by atoms with E-state index in [0.29, 0.717) is 19.4 Å². The van der Waals surface area contributed by atoms with Crippen molar-refractivity contribution >= 4 is 40.7 Å². The Kier molecular flexibility index (Phi) is 10.2. The van der Waals surface area contributed by atoms with Crippen molar-refractivity contribution in [2.24, 2.45) is 11.8 Å². The smallest absolute Gasteiger partial charge is 0.322 e. The zero-order chi connectivity index (χ0) is 28.7. The van der Waals surface area contributed by atoms with Gasteiger partial charge in [-0.3, -0.25) is 29.2 Å². The number of hydrogen-bond acceptors (Lipinski definition) is 6. The highest BCUT2D eigenvalue weighted by molar-refractivity contribution is 5.93. The highest BCUT2D eigenvalue weighted by Crippen LogP contribution is 2.17. The van der Waals surface area contributed by atoms with E-state index in [2.05, 4.69) is 28.0 Å². The molecular weight excluding hydrogens is 498 g/mol. The van der Waals surface area contributed by atoms with Crippen LogP contribution in [-0.2, 0) is 25.6 Å². The van der Waals surface area contributed by atoms with E-state index in [9.17, 15) is 24.3 Å². The predicted octanol–water partition coefficient (Wildman–Crippen LogP) is 2.67. The van der Waals surface area contributed by atoms with E-state index in [1.165, 1.54) is 5.01 Å². The molecule has 10 heteroatoms. The molecule has 39 heavy (non-hydrogen) atoms. The number of aromatic nitrogens is 1. The second-order valence-electron chi connectivity index (χ2n) is 10.4. The number of amides is 3. The summed E-state index contributed by atoms with van der Waals surface area (Å²) in [6.45, 7) is 9.33. The van der Waals surface area contributed by atoms with Crippen molar-refractivity contribution in [1.29, 1.82) is 0 Å². The largest absolute Gasteiger partial charge is 0.480 e. The second-order valence-corrected chi connectivity index (χ2v) is 10.4. The first kappa shape index (κ1) is 29.8. The lowest BCUT2D eigenvalue weighted by Gasteiger charge is -2.34. The first-order valence-electron chi connectivity index (χ1n) is 13.5. The molecule has 0 spiro atoms. The van der Waals surface area contributed by atoms with Crippen LogP contribution in [0.15, 0.2) is 36.4 Å². The fourth-order valence-electron chi connectivity index (χ4n) is 4.36. The summed E-state index contributed by atoms with van der Waals surface area (Å²) in [7, 11) is 0. The first-order valence-corrected chi connectivity index (χ1v) is 13.5. The molecule has 10 nitrogen and oxygen atoms in total. The third kappa shape index (κ3) is 7.86. The number of aliphatic carboxylic acids is 1. The van der Waals surface area contributed by atoms with Crippen LogP contribution in [-0.4, -0.2) is 63.5 Å². The van der Waals surface area contributed by atoms with Crippen molar-refractivity contribution in [3.63, 3.8) is 0 Å². The van der Waals surface area contributed by atoms with Gasteiger partial charge in [-0.2, -0.15) is 0 Å². The molecule has 1 aliphatic rings. The number of nitrogens with one attached hydrogen (secondary N) is 3. The Morgan fingerprint density at radius 2 is 1.82 bits per heavy atom. The molecule has 1 aliphatic heterocycles. The molecule has 0 saturated carbocycles. The van der Waals surface area contributed by atoms with Gasteiger partial charge in [-0.25, -0.2) is 5.43 Å². The molecule has 2 aromatic rings. The van der Waals surface area contributed by atoms with E-state index >= 15 is 0 Å². The molecule has 1 fully saturated rings. The Balaban J connectivity index is 1.60. The Bertz CT molecular complexity index is 1240. The summed E-state index contributed by atoms with van der Waals surface area (Å²) in [5.74, 6) is -2.98. The molecule has 1 saturated heterocycles. The van der Waals surface area contributed by atoms with Gasteiger partial charge in [0.2, 0.25) is 11.8 Å². The molecule has 1 aromatic heterocycles. The minimum Gasteiger partial charge on any atom is -0.480 e. The monoisotopic (exact) mass is 537 g/mol. The van der Waals surface area contributed by atoms with Gasteiger partial charge in [0.25, 0.3) is 5.91 Å². The number of hydrazine groups is 1. The van der Waals surface area contributed by atoms with Gasteiger partial charge in [-0.05, 0) is 49.8 Å². The van der Waals surface area contributed by atoms with Crippen molar-refractivity contribution in [3.8, 4) is 0 Å². The van der Waals surface area contributed by atoms with Crippen LogP contribution in [0.25, 0.3) is 17.0 Å². The average Bonchev–Trinajstić information content (AvgIpc) is 2.93. The topological polar surface area (TPSA) is 141 Å². The summed E-state index contributed by atoms with van der Waals surface area (Å²) in [5.41, 5.74) is 5.53. The molecule has 210 valence electrons. The van der Waals surface area contributed by atoms with Crippen molar-refractivity contribution < 1.29 is 24.3 Å². The number of rotatable bonds is 10. The van der Waals surface area contributed by atoms with E-state index in [-0.39, 0.29) is 11.8 Å². The third-order valence-electron chi connectivity index (χ3n) is 6.85. The van der Waals surface area contributed by atoms with Gasteiger partial charge >= 0.3 is 5.97 Å². The van der Waals surface area contributed by atoms with Crippen LogP contribution in [0.5, 0.6) is 0 Å². The Morgan fingerprint density at radius 3 is 2.49 bits per heavy atom. The quantitative estimate of drug-likeness (QED) is 0.365. The summed E-state index contributed by atoms with van der Waals surface area (Å²) in [4.78, 5) is 54.7. The highest BCUT2D eigenvalue weighted by atomic mass is 16.4. The molecule has 3 amide bonds. The molecule has 3 rings (SSSR count). The minimum atomic E-state index is -1.03. The fraction of sp³-hybridized carbons (Fsp3) is 0.483. The summed E-state index contributed by atoms with van der Waals surface area (Å²) >= 11 is 0. The number of benzene rings is 1. The number of pyridine rings is 1. The second kappa shape index (κ2) is 13.3. The Labute approximate surface area is 229 Å². The number of carboxylic acid groups (broad SMARTS) is 1. The van der Waals surface area contributed by atoms with Gasteiger partial charge in [-0.1, -0.05) is 58.0 Å². The van der Waals surface area contributed by atoms with Gasteiger partial charge in [0, 0.05) is 17.6 Å². The van der Waals surface area contributed by atoms with E-state index in [4.69, 9.17) is 0 Å². The standard InChI is InChI=1S/C29H39N5O5/c1-6-22-14-13-21-12-11-20(16-24(21)31-22)10-9-18(4)26(35)32-25(17(2)3)27(36)30-19(5)28(37)34-15-7-8-23(33-34)29(38)39/h9-14,16-19,23,25,33H,6-8,15H2,1-5H3,(H,30,36)(H,32,35)(H,38,39)/b10-9+. The number of nitrogens with zero attached hydrogens (tertiary/aromatic N) is 2. The molecule has 4 atom stereocenters. The number of carbonyl (C=O) groups is 4. The van der Waals surface area contributed by atoms with Gasteiger partial charge in [0.05, 0.1) is 11.4 Å². The van der Waals surface area contributed by atoms with Crippen LogP contribution >= 0.6 is 0 Å². The molecular formula is C29H39N5O5. The summed E-state index contributed by atoms with van der Waals surface area (Å²) in [6, 6.07) is 7.42. The van der Waals surface area contributed by atoms with E-state index in [0.717, 1.165) is 28.6 Å². The first-order chi connectivity index (χ1) is 18.5. The number of fused-ring (bicyclic) bond motifs is 1. The lowest BCUT2D eigenvalue weighted by atomic mass is 10.0. The normalized spacial score (nSPS) is 18.1. The van der Waals surface area contributed by atoms with Crippen molar-refractivity contribution in [2.45, 2.75) is 72.0 Å². The Morgan fingerprint density at radius 1 is 1.10 bits per heavy atom. The minimum absolute atomic E-state index is 0.226. The average molecular weight is 538 g/mol. The van der Waals surface area contributed by atoms with Crippen molar-refractivity contribution in [3.05, 3.63) is 47.7 Å². The van der Waals surface area contributed by atoms with Crippen molar-refractivity contribution in [1.82, 2.24) is 26.1 Å². The van der Waals surface area contributed by atoms with Crippen LogP contribution in [0.2, 0.25) is 0 Å². The molecule has 0 bridgehead atoms. The van der Waals surface area contributed by atoms with E-state index in [1.807, 2.05) is 50.3 Å². The number of carbonyl (C=O) groups excluding carboxylic acids is 3. The lowest BCUT2D eigenvalue weighted by molar-refractivity contribution is -0.148. The van der Waals surface area contributed by atoms with E-state index in [1.54, 1.807) is 19.9 Å². The Hall–Kier alpha value is -3.79. The molecule has 1 aromatic carbocycles. The van der Waals surface area contributed by atoms with Crippen molar-refractivity contribution in [2.75, 3.05) is 6.54 Å². The molecule has 0 aliphatic carbocycles. The zero-order valence-electron chi connectivity index (χ0n) is 23.2. The summed E-state index contributed by atoms with van der Waals surface area (Å²) < 4.78 is 0. The fourth-order valence-corrected chi connectivity index (χ4v) is 4.36. The third-order valence-corrected chi connectivity index (χ3v) is 6.85. The van der Waals surface area contributed by atoms with Crippen LogP contribution < -0.4 is 16.1 Å². The summed E-state index contributed by atoms with van der Waals surface area (Å²) in [6.07, 6.45) is 5.46. The van der Waals surface area contributed by atoms with Crippen LogP contribution in [0.4, 0.5) is 0 Å². The maximum Gasteiger partial charge on any atom is 0.322 e. The maximum absolute atomic E-state index is 13.0. The number of aryl methyl sites for hydroxylation is 1. The molecule has 2 heterocycles. The van der Waals surface area contributed by atoms with Gasteiger partial charge in [-0.15, -0.1) is 0 Å². The number of carboxylic acids is 1. The van der Waals surface area contributed by atoms with E-state index < -0.39 is 41.8 Å². The van der Waals surface area contributed by atoms with Gasteiger partial charge in [0.1, 0.15) is 18.1 Å². The molecule has 0 radical (unpaired) electrons. The van der Waals surface area contributed by atoms with Crippen LogP contribution in [0.3, 0.4) is 0 Å². The zero-order valence-corrected chi connectivity index (χ0v) is 23.2. The van der Waals surface area contributed by atoms with Gasteiger partial charge < -0.3 is 15.7 Å². The van der Waals surface area contributed by atoms with Gasteiger partial charge in [0.15, 0.2) is 0 Å². The molecule has 4 unspecified atom stereocenters. The lowest BCUT2D eigenvalue weighted by Crippen LogP contribution is -2.60. The predicted molar refractivity (Wildman–Crippen MR) is 149 cm³/mol. The SMILES string of the molecule is CCc1ccc2ccc(/C=C/C(C)C(=O)NC(C(=O)NC(C)C(=O)N3CCCC(C(=O)O)N3)C(C)C)cc2n1.